The van der Waals surface area contributed by atoms with E-state index >= 15 is 0 Å². The summed E-state index contributed by atoms with van der Waals surface area (Å²) in [5, 5.41) is 0. The van der Waals surface area contributed by atoms with Gasteiger partial charge in [0, 0.05) is 31.0 Å². The van der Waals surface area contributed by atoms with Gasteiger partial charge in [0.15, 0.2) is 5.58 Å². The van der Waals surface area contributed by atoms with Gasteiger partial charge in [0.1, 0.15) is 5.52 Å². The number of hydrogen-bond donors (Lipinski definition) is 1. The van der Waals surface area contributed by atoms with Gasteiger partial charge in [0.2, 0.25) is 5.89 Å². The molecule has 0 atom stereocenters. The third-order valence-corrected chi connectivity index (χ3v) is 3.02. The molecule has 1 aromatic heterocycles. The zero-order valence-electron chi connectivity index (χ0n) is 10.9. The van der Waals surface area contributed by atoms with Crippen LogP contribution in [0.1, 0.15) is 0 Å². The number of hydrogen-bond acceptors (Lipinski definition) is 4. The molecule has 3 rings (SSSR count). The van der Waals surface area contributed by atoms with E-state index in [0.717, 1.165) is 22.4 Å². The molecule has 0 aliphatic carbocycles. The predicted octanol–water partition coefficient (Wildman–Crippen LogP) is 3.14. The summed E-state index contributed by atoms with van der Waals surface area (Å²) in [6.45, 7) is 0. The molecule has 3 aromatic rings. The highest BCUT2D eigenvalue weighted by atomic mass is 16.3. The van der Waals surface area contributed by atoms with Gasteiger partial charge in [-0.3, -0.25) is 0 Å². The Morgan fingerprint density at radius 2 is 1.95 bits per heavy atom. The number of aromatic nitrogens is 1. The first-order chi connectivity index (χ1) is 9.13. The molecule has 0 saturated carbocycles. The van der Waals surface area contributed by atoms with Gasteiger partial charge in [-0.05, 0) is 36.4 Å². The van der Waals surface area contributed by atoms with Crippen molar-refractivity contribution in [3.63, 3.8) is 0 Å². The van der Waals surface area contributed by atoms with Crippen molar-refractivity contribution in [2.45, 2.75) is 0 Å². The number of fused-ring (bicyclic) bond motifs is 1. The minimum atomic E-state index is 0.615. The fraction of sp³-hybridized carbons (Fsp3) is 0.133. The molecule has 0 amide bonds. The van der Waals surface area contributed by atoms with E-state index in [4.69, 9.17) is 10.2 Å². The standard InChI is InChI=1S/C15H15N3O/c1-18(2)12-5-3-4-10(8-12)15-17-13-9-11(16)6-7-14(13)19-15/h3-9H,16H2,1-2H3. The van der Waals surface area contributed by atoms with Crippen LogP contribution in [0.5, 0.6) is 0 Å². The maximum atomic E-state index is 5.76. The lowest BCUT2D eigenvalue weighted by molar-refractivity contribution is 0.620. The number of nitrogens with two attached hydrogens (primary N) is 1. The molecule has 0 saturated heterocycles. The van der Waals surface area contributed by atoms with Crippen molar-refractivity contribution in [3.05, 3.63) is 42.5 Å². The van der Waals surface area contributed by atoms with E-state index in [1.807, 2.05) is 61.5 Å². The minimum Gasteiger partial charge on any atom is -0.436 e. The van der Waals surface area contributed by atoms with Gasteiger partial charge in [-0.25, -0.2) is 4.98 Å². The molecule has 19 heavy (non-hydrogen) atoms. The number of benzene rings is 2. The molecule has 96 valence electrons. The number of oxazole rings is 1. The molecule has 2 N–H and O–H groups in total. The van der Waals surface area contributed by atoms with Crippen LogP contribution in [-0.2, 0) is 0 Å². The summed E-state index contributed by atoms with van der Waals surface area (Å²) in [6, 6.07) is 13.6. The average Bonchev–Trinajstić information content (AvgIpc) is 2.81. The maximum absolute atomic E-state index is 5.76. The zero-order valence-corrected chi connectivity index (χ0v) is 10.9. The molecular weight excluding hydrogens is 238 g/mol. The highest BCUT2D eigenvalue weighted by Crippen LogP contribution is 2.27. The van der Waals surface area contributed by atoms with E-state index in [1.54, 1.807) is 0 Å². The molecule has 0 unspecified atom stereocenters. The molecule has 4 heteroatoms. The Hall–Kier alpha value is -2.49. The van der Waals surface area contributed by atoms with E-state index in [-0.39, 0.29) is 0 Å². The normalized spacial score (nSPS) is 10.8. The van der Waals surface area contributed by atoms with Crippen LogP contribution in [0.25, 0.3) is 22.6 Å². The van der Waals surface area contributed by atoms with Crippen molar-refractivity contribution >= 4 is 22.5 Å². The van der Waals surface area contributed by atoms with Crippen LogP contribution < -0.4 is 10.6 Å². The van der Waals surface area contributed by atoms with Crippen molar-refractivity contribution in [1.82, 2.24) is 4.98 Å². The summed E-state index contributed by atoms with van der Waals surface area (Å²) in [5.74, 6) is 0.615. The second-order valence-electron chi connectivity index (χ2n) is 4.69. The number of rotatable bonds is 2. The van der Waals surface area contributed by atoms with Crippen LogP contribution >= 0.6 is 0 Å². The molecule has 0 aliphatic heterocycles. The summed E-state index contributed by atoms with van der Waals surface area (Å²) < 4.78 is 5.76. The summed E-state index contributed by atoms with van der Waals surface area (Å²) in [4.78, 5) is 6.52. The predicted molar refractivity (Wildman–Crippen MR) is 78.2 cm³/mol. The quantitative estimate of drug-likeness (QED) is 0.713. The highest BCUT2D eigenvalue weighted by Gasteiger charge is 2.09. The number of nitrogen functional groups attached to an aromatic ring is 1. The second-order valence-corrected chi connectivity index (χ2v) is 4.69. The highest BCUT2D eigenvalue weighted by molar-refractivity contribution is 5.79. The monoisotopic (exact) mass is 253 g/mol. The van der Waals surface area contributed by atoms with Crippen LogP contribution in [0.15, 0.2) is 46.9 Å². The number of nitrogens with zero attached hydrogens (tertiary/aromatic N) is 2. The van der Waals surface area contributed by atoms with Crippen molar-refractivity contribution in [2.75, 3.05) is 24.7 Å². The van der Waals surface area contributed by atoms with Crippen LogP contribution in [0, 0.1) is 0 Å². The molecule has 0 fully saturated rings. The van der Waals surface area contributed by atoms with Gasteiger partial charge >= 0.3 is 0 Å². The van der Waals surface area contributed by atoms with Gasteiger partial charge in [0.05, 0.1) is 0 Å². The zero-order chi connectivity index (χ0) is 13.4. The Kier molecular flexibility index (Phi) is 2.63. The smallest absolute Gasteiger partial charge is 0.227 e. The summed E-state index contributed by atoms with van der Waals surface area (Å²) >= 11 is 0. The van der Waals surface area contributed by atoms with Crippen LogP contribution in [0.3, 0.4) is 0 Å². The summed E-state index contributed by atoms with van der Waals surface area (Å²) in [7, 11) is 4.01. The molecule has 0 spiro atoms. The SMILES string of the molecule is CN(C)c1cccc(-c2nc3cc(N)ccc3o2)c1. The molecule has 1 heterocycles. The lowest BCUT2D eigenvalue weighted by Gasteiger charge is -2.12. The Labute approximate surface area is 111 Å². The van der Waals surface area contributed by atoms with Crippen LogP contribution in [-0.4, -0.2) is 19.1 Å². The first kappa shape index (κ1) is 11.6. The molecule has 4 nitrogen and oxygen atoms in total. The molecular formula is C15H15N3O. The fourth-order valence-electron chi connectivity index (χ4n) is 1.99. The van der Waals surface area contributed by atoms with Gasteiger partial charge < -0.3 is 15.1 Å². The lowest BCUT2D eigenvalue weighted by Crippen LogP contribution is -2.08. The van der Waals surface area contributed by atoms with Crippen molar-refractivity contribution in [2.24, 2.45) is 0 Å². The number of anilines is 2. The van der Waals surface area contributed by atoms with E-state index in [0.29, 0.717) is 11.6 Å². The Morgan fingerprint density at radius 1 is 1.11 bits per heavy atom. The van der Waals surface area contributed by atoms with Gasteiger partial charge in [-0.15, -0.1) is 0 Å². The summed E-state index contributed by atoms with van der Waals surface area (Å²) in [5.41, 5.74) is 10.0. The third kappa shape index (κ3) is 2.12. The van der Waals surface area contributed by atoms with E-state index in [9.17, 15) is 0 Å². The Balaban J connectivity index is 2.11. The average molecular weight is 253 g/mol. The lowest BCUT2D eigenvalue weighted by atomic mass is 10.2. The van der Waals surface area contributed by atoms with Crippen LogP contribution in [0.4, 0.5) is 11.4 Å². The Bertz CT molecular complexity index is 731. The molecule has 2 aromatic carbocycles. The van der Waals surface area contributed by atoms with Gasteiger partial charge in [-0.2, -0.15) is 0 Å². The Morgan fingerprint density at radius 3 is 2.74 bits per heavy atom. The largest absolute Gasteiger partial charge is 0.436 e. The second kappa shape index (κ2) is 4.31. The van der Waals surface area contributed by atoms with Gasteiger partial charge in [0.25, 0.3) is 0 Å². The van der Waals surface area contributed by atoms with Crippen LogP contribution in [0.2, 0.25) is 0 Å². The maximum Gasteiger partial charge on any atom is 0.227 e. The van der Waals surface area contributed by atoms with E-state index in [2.05, 4.69) is 4.98 Å². The van der Waals surface area contributed by atoms with Gasteiger partial charge in [-0.1, -0.05) is 6.07 Å². The third-order valence-electron chi connectivity index (χ3n) is 3.02. The van der Waals surface area contributed by atoms with E-state index in [1.165, 1.54) is 0 Å². The van der Waals surface area contributed by atoms with Crippen molar-refractivity contribution in [3.8, 4) is 11.5 Å². The first-order valence-corrected chi connectivity index (χ1v) is 6.07. The van der Waals surface area contributed by atoms with Crippen molar-refractivity contribution in [1.29, 1.82) is 0 Å². The molecule has 0 bridgehead atoms. The molecule has 0 radical (unpaired) electrons. The summed E-state index contributed by atoms with van der Waals surface area (Å²) in [6.07, 6.45) is 0. The first-order valence-electron chi connectivity index (χ1n) is 6.07. The minimum absolute atomic E-state index is 0.615. The topological polar surface area (TPSA) is 55.3 Å². The van der Waals surface area contributed by atoms with E-state index < -0.39 is 0 Å². The van der Waals surface area contributed by atoms with Crippen molar-refractivity contribution < 1.29 is 4.42 Å². The molecule has 0 aliphatic rings. The fourth-order valence-corrected chi connectivity index (χ4v) is 1.99.